The number of carbonyl (C=O) groups is 2. The molecule has 0 aromatic carbocycles. The fraction of sp³-hybridized carbons (Fsp3) is 0.500. The van der Waals surface area contributed by atoms with Crippen LogP contribution < -0.4 is 22.3 Å². The second kappa shape index (κ2) is 6.73. The van der Waals surface area contributed by atoms with Gasteiger partial charge in [0, 0.05) is 25.2 Å². The molecule has 0 saturated carbocycles. The Morgan fingerprint density at radius 2 is 2.04 bits per heavy atom. The first-order valence-electron chi connectivity index (χ1n) is 6.70. The zero-order valence-electron chi connectivity index (χ0n) is 11.8. The fourth-order valence-corrected chi connectivity index (χ4v) is 2.14. The van der Waals surface area contributed by atoms with E-state index in [1.807, 2.05) is 4.98 Å². The molecule has 2 amide bonds. The van der Waals surface area contributed by atoms with Crippen LogP contribution in [0, 0.1) is 0 Å². The molecule has 11 nitrogen and oxygen atoms in total. The maximum atomic E-state index is 11.9. The van der Waals surface area contributed by atoms with Gasteiger partial charge in [-0.05, 0) is 0 Å². The molecule has 23 heavy (non-hydrogen) atoms. The summed E-state index contributed by atoms with van der Waals surface area (Å²) < 4.78 is 6.08. The lowest BCUT2D eigenvalue weighted by Crippen LogP contribution is -2.43. The molecule has 0 radical (unpaired) electrons. The standard InChI is InChI=1S/C12H16N4O7/c13-5(17)1-3-14-10(21)9-7(19)8(20)11(23-9)16-4-2-6(18)15-12(16)22/h2,4,7-9,11,19-20H,1,3H2,(H2,13,17)(H,14,21)(H,15,18,22)/t7-,8+,9-,11+/m0/s1. The number of ether oxygens (including phenoxy) is 1. The third-order valence-electron chi connectivity index (χ3n) is 3.29. The topological polar surface area (TPSA) is 177 Å². The smallest absolute Gasteiger partial charge is 0.330 e. The number of hydrogen-bond acceptors (Lipinski definition) is 7. The van der Waals surface area contributed by atoms with Crippen LogP contribution in [0.25, 0.3) is 0 Å². The minimum atomic E-state index is -1.59. The van der Waals surface area contributed by atoms with E-state index >= 15 is 0 Å². The zero-order valence-corrected chi connectivity index (χ0v) is 11.8. The molecule has 2 rings (SSSR count). The van der Waals surface area contributed by atoms with Crippen molar-refractivity contribution in [2.45, 2.75) is 31.0 Å². The Morgan fingerprint density at radius 3 is 2.65 bits per heavy atom. The van der Waals surface area contributed by atoms with E-state index in [9.17, 15) is 29.4 Å². The average Bonchev–Trinajstić information content (AvgIpc) is 2.75. The molecule has 0 bridgehead atoms. The minimum Gasteiger partial charge on any atom is -0.387 e. The van der Waals surface area contributed by atoms with Gasteiger partial charge >= 0.3 is 5.69 Å². The molecule has 1 aliphatic heterocycles. The summed E-state index contributed by atoms with van der Waals surface area (Å²) in [6, 6.07) is 1.03. The highest BCUT2D eigenvalue weighted by atomic mass is 16.6. The van der Waals surface area contributed by atoms with Crippen molar-refractivity contribution in [3.8, 4) is 0 Å². The van der Waals surface area contributed by atoms with Crippen LogP contribution in [-0.4, -0.2) is 56.4 Å². The summed E-state index contributed by atoms with van der Waals surface area (Å²) in [6.07, 6.45) is -4.96. The molecular formula is C12H16N4O7. The number of nitrogens with one attached hydrogen (secondary N) is 2. The lowest BCUT2D eigenvalue weighted by atomic mass is 10.1. The maximum absolute atomic E-state index is 11.9. The van der Waals surface area contributed by atoms with Gasteiger partial charge in [0.2, 0.25) is 5.91 Å². The number of aromatic nitrogens is 2. The van der Waals surface area contributed by atoms with Crippen molar-refractivity contribution >= 4 is 11.8 Å². The number of H-pyrrole nitrogens is 1. The summed E-state index contributed by atoms with van der Waals surface area (Å²) in [5, 5.41) is 22.2. The molecule has 2 heterocycles. The summed E-state index contributed by atoms with van der Waals surface area (Å²) in [7, 11) is 0. The van der Waals surface area contributed by atoms with E-state index in [0.717, 1.165) is 16.8 Å². The van der Waals surface area contributed by atoms with Crippen molar-refractivity contribution in [3.63, 3.8) is 0 Å². The van der Waals surface area contributed by atoms with Gasteiger partial charge in [0.15, 0.2) is 12.3 Å². The Balaban J connectivity index is 2.11. The Morgan fingerprint density at radius 1 is 1.35 bits per heavy atom. The predicted molar refractivity (Wildman–Crippen MR) is 74.1 cm³/mol. The Labute approximate surface area is 128 Å². The number of rotatable bonds is 5. The first kappa shape index (κ1) is 16.9. The highest BCUT2D eigenvalue weighted by Crippen LogP contribution is 2.28. The number of primary amides is 1. The monoisotopic (exact) mass is 328 g/mol. The largest absolute Gasteiger partial charge is 0.387 e. The van der Waals surface area contributed by atoms with E-state index in [0.29, 0.717) is 0 Å². The van der Waals surface area contributed by atoms with E-state index in [2.05, 4.69) is 5.32 Å². The molecule has 4 atom stereocenters. The Bertz CT molecular complexity index is 712. The first-order valence-corrected chi connectivity index (χ1v) is 6.70. The Hall–Kier alpha value is -2.50. The van der Waals surface area contributed by atoms with Crippen LogP contribution in [0.5, 0.6) is 0 Å². The van der Waals surface area contributed by atoms with Crippen LogP contribution in [-0.2, 0) is 14.3 Å². The molecular weight excluding hydrogens is 312 g/mol. The van der Waals surface area contributed by atoms with Gasteiger partial charge in [0.05, 0.1) is 0 Å². The second-order valence-corrected chi connectivity index (χ2v) is 4.95. The molecule has 0 unspecified atom stereocenters. The maximum Gasteiger partial charge on any atom is 0.330 e. The van der Waals surface area contributed by atoms with E-state index in [4.69, 9.17) is 10.5 Å². The van der Waals surface area contributed by atoms with Gasteiger partial charge in [-0.1, -0.05) is 0 Å². The highest BCUT2D eigenvalue weighted by molar-refractivity contribution is 5.82. The molecule has 0 aliphatic carbocycles. The van der Waals surface area contributed by atoms with Crippen LogP contribution >= 0.6 is 0 Å². The average molecular weight is 328 g/mol. The molecule has 6 N–H and O–H groups in total. The van der Waals surface area contributed by atoms with E-state index < -0.39 is 47.6 Å². The molecule has 1 aliphatic rings. The Kier molecular flexibility index (Phi) is 4.93. The lowest BCUT2D eigenvalue weighted by molar-refractivity contribution is -0.137. The van der Waals surface area contributed by atoms with Crippen LogP contribution in [0.15, 0.2) is 21.9 Å². The number of nitrogens with two attached hydrogens (primary N) is 1. The van der Waals surface area contributed by atoms with E-state index in [1.54, 1.807) is 0 Å². The number of hydrogen-bond donors (Lipinski definition) is 5. The van der Waals surface area contributed by atoms with Crippen molar-refractivity contribution in [2.24, 2.45) is 5.73 Å². The van der Waals surface area contributed by atoms with Crippen LogP contribution in [0.3, 0.4) is 0 Å². The zero-order chi connectivity index (χ0) is 17.1. The third-order valence-corrected chi connectivity index (χ3v) is 3.29. The summed E-state index contributed by atoms with van der Waals surface area (Å²) in [5.41, 5.74) is 3.43. The molecule has 11 heteroatoms. The molecule has 1 fully saturated rings. The number of aliphatic hydroxyl groups excluding tert-OH is 2. The predicted octanol–water partition coefficient (Wildman–Crippen LogP) is -3.85. The second-order valence-electron chi connectivity index (χ2n) is 4.95. The van der Waals surface area contributed by atoms with Crippen molar-refractivity contribution in [3.05, 3.63) is 33.1 Å². The van der Waals surface area contributed by atoms with Gasteiger partial charge < -0.3 is 26.0 Å². The highest BCUT2D eigenvalue weighted by Gasteiger charge is 2.47. The van der Waals surface area contributed by atoms with Crippen LogP contribution in [0.1, 0.15) is 12.6 Å². The van der Waals surface area contributed by atoms with Gasteiger partial charge in [-0.3, -0.25) is 23.9 Å². The SMILES string of the molecule is NC(=O)CCNC(=O)[C@H]1O[C@@H](n2ccc(=O)[nH]c2=O)[C@H](O)[C@@H]1O. The summed E-state index contributed by atoms with van der Waals surface area (Å²) in [4.78, 5) is 47.2. The van der Waals surface area contributed by atoms with Crippen LogP contribution in [0.2, 0.25) is 0 Å². The molecule has 1 aromatic rings. The normalized spacial score (nSPS) is 26.9. The first-order chi connectivity index (χ1) is 10.8. The third kappa shape index (κ3) is 3.64. The molecule has 1 saturated heterocycles. The van der Waals surface area contributed by atoms with Gasteiger partial charge in [-0.2, -0.15) is 0 Å². The number of aliphatic hydroxyl groups is 2. The number of amides is 2. The molecule has 126 valence electrons. The lowest BCUT2D eigenvalue weighted by Gasteiger charge is -2.16. The number of aromatic amines is 1. The fourth-order valence-electron chi connectivity index (χ4n) is 2.14. The number of carbonyl (C=O) groups excluding carboxylic acids is 2. The summed E-state index contributed by atoms with van der Waals surface area (Å²) in [6.45, 7) is -0.0554. The molecule has 1 aromatic heterocycles. The quantitative estimate of drug-likeness (QED) is 0.367. The van der Waals surface area contributed by atoms with E-state index in [1.165, 1.54) is 0 Å². The molecule has 0 spiro atoms. The van der Waals surface area contributed by atoms with Crippen molar-refractivity contribution in [1.82, 2.24) is 14.9 Å². The summed E-state index contributed by atoms with van der Waals surface area (Å²) in [5.74, 6) is -1.38. The van der Waals surface area contributed by atoms with Gasteiger partial charge in [0.25, 0.3) is 11.5 Å². The van der Waals surface area contributed by atoms with Gasteiger partial charge in [-0.15, -0.1) is 0 Å². The summed E-state index contributed by atoms with van der Waals surface area (Å²) >= 11 is 0. The van der Waals surface area contributed by atoms with Gasteiger partial charge in [-0.25, -0.2) is 4.79 Å². The van der Waals surface area contributed by atoms with Crippen molar-refractivity contribution in [2.75, 3.05) is 6.54 Å². The van der Waals surface area contributed by atoms with Crippen molar-refractivity contribution < 1.29 is 24.5 Å². The van der Waals surface area contributed by atoms with Crippen LogP contribution in [0.4, 0.5) is 0 Å². The number of nitrogens with zero attached hydrogens (tertiary/aromatic N) is 1. The van der Waals surface area contributed by atoms with Crippen molar-refractivity contribution in [1.29, 1.82) is 0 Å². The van der Waals surface area contributed by atoms with Gasteiger partial charge in [0.1, 0.15) is 12.2 Å². The van der Waals surface area contributed by atoms with E-state index in [-0.39, 0.29) is 13.0 Å². The minimum absolute atomic E-state index is 0.0554.